The second-order valence-electron chi connectivity index (χ2n) is 5.26. The molecule has 164 valence electrons. The number of hydrogen-bond donors (Lipinski definition) is 3. The third-order valence-electron chi connectivity index (χ3n) is 3.60. The minimum Gasteiger partial charge on any atom is -0.508 e. The lowest BCUT2D eigenvalue weighted by Crippen LogP contribution is -2.10. The smallest absolute Gasteiger partial charge is 0.416 e. The zero-order valence-electron chi connectivity index (χ0n) is 18.3. The molecule has 0 aromatic heterocycles. The second kappa shape index (κ2) is 15.4. The highest BCUT2D eigenvalue weighted by Gasteiger charge is 2.32. The first-order chi connectivity index (χ1) is 13.8. The molecule has 0 aliphatic heterocycles. The molecule has 2 aromatic rings. The quantitative estimate of drug-likeness (QED) is 0.350. The normalized spacial score (nSPS) is 10.9. The Bertz CT molecular complexity index is 699. The van der Waals surface area contributed by atoms with E-state index in [-0.39, 0.29) is 11.6 Å². The van der Waals surface area contributed by atoms with Crippen LogP contribution in [0.5, 0.6) is 5.75 Å². The summed E-state index contributed by atoms with van der Waals surface area (Å²) in [6.45, 7) is 12.0. The van der Waals surface area contributed by atoms with Crippen molar-refractivity contribution in [2.45, 2.75) is 67.0 Å². The second-order valence-corrected chi connectivity index (χ2v) is 5.26. The number of phenolic OH excluding ortho intramolecular Hbond substituents is 1. The van der Waals surface area contributed by atoms with Crippen LogP contribution < -0.4 is 5.73 Å². The third-order valence-corrected chi connectivity index (χ3v) is 3.60. The van der Waals surface area contributed by atoms with Crippen LogP contribution in [0, 0.1) is 5.41 Å². The van der Waals surface area contributed by atoms with E-state index in [2.05, 4.69) is 0 Å². The van der Waals surface area contributed by atoms with E-state index >= 15 is 0 Å². The van der Waals surface area contributed by atoms with Crippen molar-refractivity contribution in [3.05, 3.63) is 64.7 Å². The van der Waals surface area contributed by atoms with Gasteiger partial charge < -0.3 is 10.8 Å². The van der Waals surface area contributed by atoms with Gasteiger partial charge in [0.15, 0.2) is 0 Å². The summed E-state index contributed by atoms with van der Waals surface area (Å²) in [6, 6.07) is 11.2. The van der Waals surface area contributed by atoms with Gasteiger partial charge in [-0.25, -0.2) is 0 Å². The fourth-order valence-electron chi connectivity index (χ4n) is 2.46. The average molecular weight is 413 g/mol. The Balaban J connectivity index is 0. The van der Waals surface area contributed by atoms with E-state index in [1.807, 2.05) is 71.9 Å². The van der Waals surface area contributed by atoms with Crippen LogP contribution in [-0.2, 0) is 19.0 Å². The summed E-state index contributed by atoms with van der Waals surface area (Å²) >= 11 is 0. The number of aryl methyl sites for hydroxylation is 1. The minimum absolute atomic E-state index is 0.121. The molecule has 6 heteroatoms. The number of hydrogen-bond acceptors (Lipinski definition) is 2. The molecule has 0 spiro atoms. The molecule has 0 heterocycles. The Hall–Kier alpha value is -2.50. The molecule has 0 atom stereocenters. The molecule has 3 rings (SSSR count). The molecule has 0 unspecified atom stereocenters. The summed E-state index contributed by atoms with van der Waals surface area (Å²) in [5.74, 6) is -0.0945. The lowest BCUT2D eigenvalue weighted by Gasteiger charge is -2.10. The molecule has 0 bridgehead atoms. The van der Waals surface area contributed by atoms with Gasteiger partial charge >= 0.3 is 6.18 Å². The van der Waals surface area contributed by atoms with Crippen molar-refractivity contribution in [1.82, 2.24) is 0 Å². The number of benzene rings is 2. The predicted octanol–water partition coefficient (Wildman–Crippen LogP) is 6.95. The largest absolute Gasteiger partial charge is 0.508 e. The van der Waals surface area contributed by atoms with E-state index in [0.717, 1.165) is 24.1 Å². The summed E-state index contributed by atoms with van der Waals surface area (Å²) in [7, 11) is 0. The SMILES string of the molecule is CC.CC.CC.N=C(N)c1ccccc1.Oc1cc(C(F)(F)F)cc2c1CCC2. The number of alkyl halides is 3. The lowest BCUT2D eigenvalue weighted by atomic mass is 10.0. The van der Waals surface area contributed by atoms with Gasteiger partial charge in [0.1, 0.15) is 11.6 Å². The first kappa shape index (κ1) is 28.7. The van der Waals surface area contributed by atoms with Crippen LogP contribution in [0.4, 0.5) is 13.2 Å². The van der Waals surface area contributed by atoms with Crippen molar-refractivity contribution >= 4 is 5.84 Å². The molecule has 1 aliphatic rings. The van der Waals surface area contributed by atoms with Crippen LogP contribution in [-0.4, -0.2) is 10.9 Å². The molecular weight excluding hydrogens is 377 g/mol. The van der Waals surface area contributed by atoms with Gasteiger partial charge in [0.25, 0.3) is 0 Å². The summed E-state index contributed by atoms with van der Waals surface area (Å²) in [4.78, 5) is 0. The molecule has 3 nitrogen and oxygen atoms in total. The van der Waals surface area contributed by atoms with Crippen LogP contribution in [0.15, 0.2) is 42.5 Å². The average Bonchev–Trinajstić information content (AvgIpc) is 3.22. The van der Waals surface area contributed by atoms with E-state index in [1.165, 1.54) is 0 Å². The van der Waals surface area contributed by atoms with Crippen molar-refractivity contribution in [1.29, 1.82) is 5.41 Å². The number of aromatic hydroxyl groups is 1. The molecule has 29 heavy (non-hydrogen) atoms. The fraction of sp³-hybridized carbons (Fsp3) is 0.435. The molecule has 0 amide bonds. The standard InChI is InChI=1S/C10H9F3O.C7H8N2.3C2H6/c11-10(12,13)7-4-6-2-1-3-8(6)9(14)5-7;8-7(9)6-4-2-1-3-5-6;3*1-2/h4-5,14H,1-3H2;1-5H,(H3,8,9);3*1-2H3. The van der Waals surface area contributed by atoms with Crippen LogP contribution >= 0.6 is 0 Å². The van der Waals surface area contributed by atoms with Gasteiger partial charge in [0, 0.05) is 5.56 Å². The van der Waals surface area contributed by atoms with E-state index < -0.39 is 11.7 Å². The lowest BCUT2D eigenvalue weighted by molar-refractivity contribution is -0.137. The molecule has 4 N–H and O–H groups in total. The number of fused-ring (bicyclic) bond motifs is 1. The van der Waals surface area contributed by atoms with Crippen molar-refractivity contribution in [3.63, 3.8) is 0 Å². The van der Waals surface area contributed by atoms with Gasteiger partial charge in [-0.2, -0.15) is 13.2 Å². The number of amidine groups is 1. The van der Waals surface area contributed by atoms with Crippen molar-refractivity contribution in [2.75, 3.05) is 0 Å². The highest BCUT2D eigenvalue weighted by Crippen LogP contribution is 2.37. The van der Waals surface area contributed by atoms with Crippen molar-refractivity contribution in [2.24, 2.45) is 5.73 Å². The molecule has 0 saturated heterocycles. The van der Waals surface area contributed by atoms with Crippen LogP contribution in [0.3, 0.4) is 0 Å². The van der Waals surface area contributed by atoms with Gasteiger partial charge in [0.2, 0.25) is 0 Å². The maximum atomic E-state index is 12.3. The molecule has 0 radical (unpaired) electrons. The van der Waals surface area contributed by atoms with Gasteiger partial charge in [0.05, 0.1) is 5.56 Å². The van der Waals surface area contributed by atoms with E-state index in [0.29, 0.717) is 24.0 Å². The number of nitrogen functional groups attached to an aromatic ring is 1. The molecular formula is C23H35F3N2O. The maximum Gasteiger partial charge on any atom is 0.416 e. The highest BCUT2D eigenvalue weighted by atomic mass is 19.4. The van der Waals surface area contributed by atoms with Crippen LogP contribution in [0.25, 0.3) is 0 Å². The van der Waals surface area contributed by atoms with E-state index in [1.54, 1.807) is 0 Å². The minimum atomic E-state index is -4.37. The summed E-state index contributed by atoms with van der Waals surface area (Å²) in [6.07, 6.45) is -2.23. The van der Waals surface area contributed by atoms with Crippen molar-refractivity contribution in [3.8, 4) is 5.75 Å². The van der Waals surface area contributed by atoms with Gasteiger partial charge in [-0.1, -0.05) is 71.9 Å². The summed E-state index contributed by atoms with van der Waals surface area (Å²) < 4.78 is 37.0. The first-order valence-electron chi connectivity index (χ1n) is 10.1. The summed E-state index contributed by atoms with van der Waals surface area (Å²) in [5, 5.41) is 16.4. The van der Waals surface area contributed by atoms with Gasteiger partial charge in [-0.15, -0.1) is 0 Å². The molecule has 0 saturated carbocycles. The van der Waals surface area contributed by atoms with Gasteiger partial charge in [-0.05, 0) is 42.5 Å². The molecule has 0 fully saturated rings. The first-order valence-corrected chi connectivity index (χ1v) is 10.1. The highest BCUT2D eigenvalue weighted by molar-refractivity contribution is 5.94. The number of nitrogens with two attached hydrogens (primary N) is 1. The fourth-order valence-corrected chi connectivity index (χ4v) is 2.46. The topological polar surface area (TPSA) is 70.1 Å². The molecule has 2 aromatic carbocycles. The van der Waals surface area contributed by atoms with Gasteiger partial charge in [-0.3, -0.25) is 5.41 Å². The zero-order chi connectivity index (χ0) is 23.0. The monoisotopic (exact) mass is 412 g/mol. The zero-order valence-corrected chi connectivity index (χ0v) is 18.3. The number of halogens is 3. The van der Waals surface area contributed by atoms with Crippen LogP contribution in [0.1, 0.15) is 70.2 Å². The Morgan fingerprint density at radius 2 is 1.45 bits per heavy atom. The number of nitrogens with one attached hydrogen (secondary N) is 1. The predicted molar refractivity (Wildman–Crippen MR) is 117 cm³/mol. The Kier molecular flexibility index (Phi) is 15.3. The summed E-state index contributed by atoms with van der Waals surface area (Å²) in [5.41, 5.74) is 6.53. The third kappa shape index (κ3) is 10.0. The number of rotatable bonds is 1. The number of phenols is 1. The Morgan fingerprint density at radius 1 is 0.931 bits per heavy atom. The maximum absolute atomic E-state index is 12.3. The van der Waals surface area contributed by atoms with E-state index in [9.17, 15) is 18.3 Å². The van der Waals surface area contributed by atoms with Crippen molar-refractivity contribution < 1.29 is 18.3 Å². The Morgan fingerprint density at radius 3 is 1.86 bits per heavy atom. The Labute approximate surface area is 173 Å². The van der Waals surface area contributed by atoms with E-state index in [4.69, 9.17) is 11.1 Å². The van der Waals surface area contributed by atoms with Crippen LogP contribution in [0.2, 0.25) is 0 Å². The molecule has 1 aliphatic carbocycles.